The van der Waals surface area contributed by atoms with Crippen molar-refractivity contribution in [1.82, 2.24) is 4.31 Å². The topological polar surface area (TPSA) is 72.6 Å². The Morgan fingerprint density at radius 1 is 1.33 bits per heavy atom. The van der Waals surface area contributed by atoms with Crippen LogP contribution >= 0.6 is 0 Å². The fourth-order valence-corrected chi connectivity index (χ4v) is 4.27. The van der Waals surface area contributed by atoms with Gasteiger partial charge in [-0.15, -0.1) is 0 Å². The lowest BCUT2D eigenvalue weighted by atomic mass is 10.2. The average Bonchev–Trinajstić information content (AvgIpc) is 3.01. The van der Waals surface area contributed by atoms with Crippen LogP contribution in [0.2, 0.25) is 0 Å². The molecule has 0 aliphatic heterocycles. The molecule has 6 heteroatoms. The van der Waals surface area contributed by atoms with E-state index in [4.69, 9.17) is 10.5 Å². The molecule has 0 radical (unpaired) electrons. The smallest absolute Gasteiger partial charge is 0.243 e. The lowest BCUT2D eigenvalue weighted by Crippen LogP contribution is -2.35. The standard InChI is InChI=1S/C15H24N2O3S/c1-3-20-15-9-8-14(10-12(15)11-16)21(18,19)17(2)13-6-4-5-7-13/h8-10,13H,3-7,11,16H2,1-2H3. The van der Waals surface area contributed by atoms with E-state index < -0.39 is 10.0 Å². The third kappa shape index (κ3) is 3.39. The van der Waals surface area contributed by atoms with Gasteiger partial charge in [-0.1, -0.05) is 12.8 Å². The molecule has 2 N–H and O–H groups in total. The second-order valence-corrected chi connectivity index (χ2v) is 7.36. The molecule has 0 unspecified atom stereocenters. The SMILES string of the molecule is CCOc1ccc(S(=O)(=O)N(C)C2CCCC2)cc1CN. The number of sulfonamides is 1. The summed E-state index contributed by atoms with van der Waals surface area (Å²) in [5, 5.41) is 0. The number of hydrogen-bond acceptors (Lipinski definition) is 4. The molecule has 0 atom stereocenters. The van der Waals surface area contributed by atoms with Crippen molar-refractivity contribution in [1.29, 1.82) is 0 Å². The zero-order chi connectivity index (χ0) is 15.5. The van der Waals surface area contributed by atoms with E-state index in [-0.39, 0.29) is 12.6 Å². The molecule has 0 bridgehead atoms. The highest BCUT2D eigenvalue weighted by molar-refractivity contribution is 7.89. The predicted octanol–water partition coefficient (Wildman–Crippen LogP) is 2.11. The van der Waals surface area contributed by atoms with Gasteiger partial charge in [0.05, 0.1) is 11.5 Å². The van der Waals surface area contributed by atoms with Crippen LogP contribution in [0.5, 0.6) is 5.75 Å². The van der Waals surface area contributed by atoms with Gasteiger partial charge >= 0.3 is 0 Å². The third-order valence-corrected chi connectivity index (χ3v) is 5.97. The van der Waals surface area contributed by atoms with Gasteiger partial charge in [0.25, 0.3) is 0 Å². The summed E-state index contributed by atoms with van der Waals surface area (Å²) in [5.41, 5.74) is 6.42. The lowest BCUT2D eigenvalue weighted by molar-refractivity contribution is 0.336. The number of benzene rings is 1. The molecule has 1 aromatic carbocycles. The van der Waals surface area contributed by atoms with Gasteiger partial charge in [0, 0.05) is 25.2 Å². The molecule has 1 fully saturated rings. The van der Waals surface area contributed by atoms with E-state index >= 15 is 0 Å². The van der Waals surface area contributed by atoms with E-state index in [1.165, 1.54) is 4.31 Å². The zero-order valence-corrected chi connectivity index (χ0v) is 13.5. The fraction of sp³-hybridized carbons (Fsp3) is 0.600. The molecular formula is C15H24N2O3S. The van der Waals surface area contributed by atoms with E-state index in [9.17, 15) is 8.42 Å². The third-order valence-electron chi connectivity index (χ3n) is 4.07. The van der Waals surface area contributed by atoms with E-state index in [0.29, 0.717) is 17.3 Å². The first-order valence-corrected chi connectivity index (χ1v) is 8.88. The Hall–Kier alpha value is -1.11. The van der Waals surface area contributed by atoms with Crippen molar-refractivity contribution in [3.8, 4) is 5.75 Å². The molecule has 5 nitrogen and oxygen atoms in total. The summed E-state index contributed by atoms with van der Waals surface area (Å²) in [4.78, 5) is 0.292. The van der Waals surface area contributed by atoms with Gasteiger partial charge in [0.2, 0.25) is 10.0 Å². The van der Waals surface area contributed by atoms with Crippen molar-refractivity contribution < 1.29 is 13.2 Å². The molecule has 1 aliphatic carbocycles. The molecule has 2 rings (SSSR count). The summed E-state index contributed by atoms with van der Waals surface area (Å²) in [7, 11) is -1.79. The highest BCUT2D eigenvalue weighted by atomic mass is 32.2. The van der Waals surface area contributed by atoms with Crippen molar-refractivity contribution >= 4 is 10.0 Å². The Morgan fingerprint density at radius 2 is 2.00 bits per heavy atom. The van der Waals surface area contributed by atoms with Crippen molar-refractivity contribution in [2.75, 3.05) is 13.7 Å². The van der Waals surface area contributed by atoms with Crippen LogP contribution in [0.25, 0.3) is 0 Å². The molecule has 1 aromatic rings. The van der Waals surface area contributed by atoms with Crippen molar-refractivity contribution in [2.45, 2.75) is 50.1 Å². The van der Waals surface area contributed by atoms with Gasteiger partial charge in [0.1, 0.15) is 5.75 Å². The average molecular weight is 312 g/mol. The summed E-state index contributed by atoms with van der Waals surface area (Å²) in [6, 6.07) is 5.04. The minimum Gasteiger partial charge on any atom is -0.494 e. The monoisotopic (exact) mass is 312 g/mol. The van der Waals surface area contributed by atoms with Gasteiger partial charge < -0.3 is 10.5 Å². The van der Waals surface area contributed by atoms with Crippen molar-refractivity contribution in [3.05, 3.63) is 23.8 Å². The number of ether oxygens (including phenoxy) is 1. The Bertz CT molecular complexity index is 581. The maximum atomic E-state index is 12.7. The van der Waals surface area contributed by atoms with Crippen LogP contribution in [0.1, 0.15) is 38.2 Å². The molecule has 0 heterocycles. The number of rotatable bonds is 6. The van der Waals surface area contributed by atoms with Crippen LogP contribution < -0.4 is 10.5 Å². The summed E-state index contributed by atoms with van der Waals surface area (Å²) in [6.07, 6.45) is 4.08. The second-order valence-electron chi connectivity index (χ2n) is 5.37. The molecule has 118 valence electrons. The normalized spacial score (nSPS) is 16.6. The number of nitrogens with zero attached hydrogens (tertiary/aromatic N) is 1. The number of nitrogens with two attached hydrogens (primary N) is 1. The molecule has 0 spiro atoms. The van der Waals surface area contributed by atoms with E-state index in [0.717, 1.165) is 31.2 Å². The second kappa shape index (κ2) is 6.77. The van der Waals surface area contributed by atoms with Gasteiger partial charge in [-0.2, -0.15) is 4.31 Å². The van der Waals surface area contributed by atoms with E-state index in [2.05, 4.69) is 0 Å². The predicted molar refractivity (Wildman–Crippen MR) is 82.7 cm³/mol. The summed E-state index contributed by atoms with van der Waals surface area (Å²) in [6.45, 7) is 2.67. The Kier molecular flexibility index (Phi) is 5.24. The van der Waals surface area contributed by atoms with Crippen molar-refractivity contribution in [2.24, 2.45) is 5.73 Å². The van der Waals surface area contributed by atoms with Crippen LogP contribution in [-0.2, 0) is 16.6 Å². The van der Waals surface area contributed by atoms with Gasteiger partial charge in [-0.05, 0) is 38.0 Å². The quantitative estimate of drug-likeness (QED) is 0.873. The lowest BCUT2D eigenvalue weighted by Gasteiger charge is -2.24. The van der Waals surface area contributed by atoms with Gasteiger partial charge in [0.15, 0.2) is 0 Å². The minimum absolute atomic E-state index is 0.114. The molecule has 1 aliphatic rings. The van der Waals surface area contributed by atoms with Crippen LogP contribution in [0, 0.1) is 0 Å². The fourth-order valence-electron chi connectivity index (χ4n) is 2.80. The molecular weight excluding hydrogens is 288 g/mol. The van der Waals surface area contributed by atoms with Gasteiger partial charge in [-0.25, -0.2) is 8.42 Å². The Labute approximate surface area is 127 Å². The molecule has 0 saturated heterocycles. The molecule has 0 aromatic heterocycles. The number of hydrogen-bond donors (Lipinski definition) is 1. The van der Waals surface area contributed by atoms with Crippen LogP contribution in [0.3, 0.4) is 0 Å². The Morgan fingerprint density at radius 3 is 2.57 bits per heavy atom. The molecule has 21 heavy (non-hydrogen) atoms. The first-order valence-electron chi connectivity index (χ1n) is 7.44. The first-order chi connectivity index (χ1) is 10.0. The highest BCUT2D eigenvalue weighted by Gasteiger charge is 2.30. The maximum absolute atomic E-state index is 12.7. The van der Waals surface area contributed by atoms with Crippen LogP contribution in [-0.4, -0.2) is 32.4 Å². The van der Waals surface area contributed by atoms with E-state index in [1.54, 1.807) is 25.2 Å². The summed E-state index contributed by atoms with van der Waals surface area (Å²) < 4.78 is 32.4. The highest BCUT2D eigenvalue weighted by Crippen LogP contribution is 2.29. The van der Waals surface area contributed by atoms with Gasteiger partial charge in [-0.3, -0.25) is 0 Å². The largest absolute Gasteiger partial charge is 0.494 e. The Balaban J connectivity index is 2.31. The maximum Gasteiger partial charge on any atom is 0.243 e. The summed E-state index contributed by atoms with van der Waals surface area (Å²) in [5.74, 6) is 0.655. The van der Waals surface area contributed by atoms with Crippen LogP contribution in [0.15, 0.2) is 23.1 Å². The summed E-state index contributed by atoms with van der Waals surface area (Å²) >= 11 is 0. The zero-order valence-electron chi connectivity index (χ0n) is 12.7. The molecule has 1 saturated carbocycles. The first kappa shape index (κ1) is 16.3. The van der Waals surface area contributed by atoms with Crippen LogP contribution in [0.4, 0.5) is 0 Å². The molecule has 0 amide bonds. The van der Waals surface area contributed by atoms with Crippen molar-refractivity contribution in [3.63, 3.8) is 0 Å². The minimum atomic E-state index is -3.46. The van der Waals surface area contributed by atoms with E-state index in [1.807, 2.05) is 6.92 Å².